The van der Waals surface area contributed by atoms with Crippen molar-refractivity contribution in [3.8, 4) is 0 Å². The zero-order valence-electron chi connectivity index (χ0n) is 23.4. The SMILES string of the molecule is CC[C@H](C)NC(=O)[C@@H](Cc1ccccc1)N(Cc1c(Cl)cccc1Cl)C(=O)CN(c1cccc([N+](=O)[O-])c1)S(C)(=O)=O. The van der Waals surface area contributed by atoms with Crippen LogP contribution in [0, 0.1) is 10.1 Å². The molecule has 0 saturated carbocycles. The Bertz CT molecular complexity index is 1520. The van der Waals surface area contributed by atoms with Crippen LogP contribution in [0.15, 0.2) is 72.8 Å². The second-order valence-corrected chi connectivity index (χ2v) is 12.5. The summed E-state index contributed by atoms with van der Waals surface area (Å²) in [7, 11) is -4.10. The van der Waals surface area contributed by atoms with E-state index in [9.17, 15) is 28.1 Å². The largest absolute Gasteiger partial charge is 0.352 e. The van der Waals surface area contributed by atoms with Crippen LogP contribution in [0.1, 0.15) is 31.4 Å². The third kappa shape index (κ3) is 8.67. The first-order valence-electron chi connectivity index (χ1n) is 13.1. The van der Waals surface area contributed by atoms with Gasteiger partial charge in [0.15, 0.2) is 0 Å². The predicted molar refractivity (Wildman–Crippen MR) is 164 cm³/mol. The van der Waals surface area contributed by atoms with E-state index in [2.05, 4.69) is 5.32 Å². The zero-order chi connectivity index (χ0) is 31.0. The highest BCUT2D eigenvalue weighted by Gasteiger charge is 2.34. The Labute approximate surface area is 255 Å². The number of amides is 2. The van der Waals surface area contributed by atoms with E-state index >= 15 is 0 Å². The van der Waals surface area contributed by atoms with Crippen LogP contribution >= 0.6 is 23.2 Å². The molecule has 0 bridgehead atoms. The number of nitro groups is 1. The molecule has 0 aliphatic carbocycles. The number of nitrogens with zero attached hydrogens (tertiary/aromatic N) is 3. The van der Waals surface area contributed by atoms with Crippen molar-refractivity contribution >= 4 is 56.4 Å². The van der Waals surface area contributed by atoms with E-state index in [4.69, 9.17) is 23.2 Å². The number of non-ortho nitro benzene ring substituents is 1. The fourth-order valence-corrected chi connectivity index (χ4v) is 5.58. The quantitative estimate of drug-likeness (QED) is 0.203. The molecule has 3 aromatic rings. The maximum absolute atomic E-state index is 14.1. The number of hydrogen-bond donors (Lipinski definition) is 1. The van der Waals surface area contributed by atoms with Crippen molar-refractivity contribution in [1.29, 1.82) is 0 Å². The first kappa shape index (κ1) is 32.8. The van der Waals surface area contributed by atoms with Gasteiger partial charge in [-0.05, 0) is 37.1 Å². The van der Waals surface area contributed by atoms with Crippen molar-refractivity contribution in [1.82, 2.24) is 10.2 Å². The monoisotopic (exact) mass is 634 g/mol. The van der Waals surface area contributed by atoms with Crippen molar-refractivity contribution in [2.24, 2.45) is 0 Å². The number of carbonyl (C=O) groups excluding carboxylic acids is 2. The lowest BCUT2D eigenvalue weighted by Gasteiger charge is -2.34. The molecule has 2 amide bonds. The Hall–Kier alpha value is -3.67. The molecule has 0 fully saturated rings. The zero-order valence-corrected chi connectivity index (χ0v) is 25.7. The fraction of sp³-hybridized carbons (Fsp3) is 0.310. The Morgan fingerprint density at radius 1 is 1.00 bits per heavy atom. The summed E-state index contributed by atoms with van der Waals surface area (Å²) >= 11 is 12.9. The first-order valence-corrected chi connectivity index (χ1v) is 15.7. The Balaban J connectivity index is 2.12. The Morgan fingerprint density at radius 3 is 2.19 bits per heavy atom. The molecule has 1 N–H and O–H groups in total. The highest BCUT2D eigenvalue weighted by atomic mass is 35.5. The van der Waals surface area contributed by atoms with Crippen molar-refractivity contribution < 1.29 is 22.9 Å². The summed E-state index contributed by atoms with van der Waals surface area (Å²) in [6.07, 6.45) is 1.65. The smallest absolute Gasteiger partial charge is 0.271 e. The Kier molecular flexibility index (Phi) is 11.3. The van der Waals surface area contributed by atoms with Gasteiger partial charge in [0.05, 0.1) is 16.9 Å². The summed E-state index contributed by atoms with van der Waals surface area (Å²) in [6, 6.07) is 17.6. The van der Waals surface area contributed by atoms with E-state index in [1.807, 2.05) is 44.2 Å². The summed E-state index contributed by atoms with van der Waals surface area (Å²) in [6.45, 7) is 2.81. The van der Waals surface area contributed by atoms with Crippen LogP contribution < -0.4 is 9.62 Å². The molecule has 0 aliphatic heterocycles. The van der Waals surface area contributed by atoms with Gasteiger partial charge in [0.2, 0.25) is 21.8 Å². The molecule has 224 valence electrons. The van der Waals surface area contributed by atoms with Crippen LogP contribution in [0.25, 0.3) is 0 Å². The van der Waals surface area contributed by atoms with E-state index < -0.39 is 39.3 Å². The van der Waals surface area contributed by atoms with Crippen LogP contribution in [0.3, 0.4) is 0 Å². The molecule has 0 radical (unpaired) electrons. The molecule has 3 rings (SSSR count). The van der Waals surface area contributed by atoms with Gasteiger partial charge in [0.25, 0.3) is 5.69 Å². The van der Waals surface area contributed by atoms with Gasteiger partial charge in [-0.1, -0.05) is 72.6 Å². The number of rotatable bonds is 13. The summed E-state index contributed by atoms with van der Waals surface area (Å²) in [5.74, 6) is -1.17. The van der Waals surface area contributed by atoms with Gasteiger partial charge in [-0.2, -0.15) is 0 Å². The van der Waals surface area contributed by atoms with Crippen LogP contribution in [-0.2, 0) is 32.6 Å². The van der Waals surface area contributed by atoms with Crippen molar-refractivity contribution in [2.45, 2.75) is 45.3 Å². The van der Waals surface area contributed by atoms with E-state index in [-0.39, 0.29) is 40.4 Å². The highest BCUT2D eigenvalue weighted by molar-refractivity contribution is 7.92. The number of anilines is 1. The van der Waals surface area contributed by atoms with Gasteiger partial charge in [-0.25, -0.2) is 8.42 Å². The molecule has 2 atom stereocenters. The average Bonchev–Trinajstić information content (AvgIpc) is 2.94. The second-order valence-electron chi connectivity index (χ2n) is 9.79. The van der Waals surface area contributed by atoms with Crippen molar-refractivity contribution in [3.63, 3.8) is 0 Å². The normalized spacial score (nSPS) is 12.7. The number of halogens is 2. The van der Waals surface area contributed by atoms with Gasteiger partial charge in [0, 0.05) is 46.7 Å². The van der Waals surface area contributed by atoms with E-state index in [0.29, 0.717) is 12.0 Å². The summed E-state index contributed by atoms with van der Waals surface area (Å²) < 4.78 is 26.5. The van der Waals surface area contributed by atoms with Gasteiger partial charge in [-0.15, -0.1) is 0 Å². The maximum Gasteiger partial charge on any atom is 0.271 e. The van der Waals surface area contributed by atoms with E-state index in [0.717, 1.165) is 22.2 Å². The van der Waals surface area contributed by atoms with Crippen molar-refractivity contribution in [3.05, 3.63) is 104 Å². The average molecular weight is 636 g/mol. The van der Waals surface area contributed by atoms with Gasteiger partial charge in [0.1, 0.15) is 12.6 Å². The number of benzene rings is 3. The number of nitrogens with one attached hydrogen (secondary N) is 1. The molecule has 0 spiro atoms. The Morgan fingerprint density at radius 2 is 1.62 bits per heavy atom. The molecular weight excluding hydrogens is 603 g/mol. The van der Waals surface area contributed by atoms with Crippen LogP contribution in [-0.4, -0.2) is 54.9 Å². The third-order valence-corrected chi connectivity index (χ3v) is 8.52. The predicted octanol–water partition coefficient (Wildman–Crippen LogP) is 5.22. The number of nitro benzene ring substituents is 1. The van der Waals surface area contributed by atoms with E-state index in [1.165, 1.54) is 23.1 Å². The van der Waals surface area contributed by atoms with Crippen LogP contribution in [0.5, 0.6) is 0 Å². The van der Waals surface area contributed by atoms with Gasteiger partial charge in [-0.3, -0.25) is 24.0 Å². The summed E-state index contributed by atoms with van der Waals surface area (Å²) in [5, 5.41) is 14.8. The molecule has 42 heavy (non-hydrogen) atoms. The lowest BCUT2D eigenvalue weighted by atomic mass is 10.0. The molecule has 0 heterocycles. The minimum atomic E-state index is -4.10. The number of sulfonamides is 1. The topological polar surface area (TPSA) is 130 Å². The minimum absolute atomic E-state index is 0.0700. The first-order chi connectivity index (χ1) is 19.8. The third-order valence-electron chi connectivity index (χ3n) is 6.67. The van der Waals surface area contributed by atoms with E-state index in [1.54, 1.807) is 18.2 Å². The van der Waals surface area contributed by atoms with Gasteiger partial charge >= 0.3 is 0 Å². The molecule has 13 heteroatoms. The summed E-state index contributed by atoms with van der Waals surface area (Å²) in [4.78, 5) is 39.8. The molecule has 10 nitrogen and oxygen atoms in total. The van der Waals surface area contributed by atoms with Gasteiger partial charge < -0.3 is 10.2 Å². The molecular formula is C29H32Cl2N4O6S. The standard InChI is InChI=1S/C29H32Cl2N4O6S/c1-4-20(2)32-29(37)27(16-21-10-6-5-7-11-21)33(18-24-25(30)14-9-15-26(24)31)28(36)19-34(42(3,40)41)22-12-8-13-23(17-22)35(38)39/h5-15,17,20,27H,4,16,18-19H2,1-3H3,(H,32,37)/t20-,27+/m0/s1. The van der Waals surface area contributed by atoms with Crippen LogP contribution in [0.4, 0.5) is 11.4 Å². The second kappa shape index (κ2) is 14.5. The maximum atomic E-state index is 14.1. The number of carbonyl (C=O) groups is 2. The molecule has 3 aromatic carbocycles. The molecule has 0 unspecified atom stereocenters. The highest BCUT2D eigenvalue weighted by Crippen LogP contribution is 2.28. The fourth-order valence-electron chi connectivity index (χ4n) is 4.22. The summed E-state index contributed by atoms with van der Waals surface area (Å²) in [5.41, 5.74) is 0.732. The molecule has 0 aliphatic rings. The lowest BCUT2D eigenvalue weighted by molar-refractivity contribution is -0.384. The van der Waals surface area contributed by atoms with Crippen LogP contribution in [0.2, 0.25) is 10.0 Å². The molecule has 0 saturated heterocycles. The number of hydrogen-bond acceptors (Lipinski definition) is 6. The lowest BCUT2D eigenvalue weighted by Crippen LogP contribution is -2.54. The molecule has 0 aromatic heterocycles. The van der Waals surface area contributed by atoms with Crippen molar-refractivity contribution in [2.75, 3.05) is 17.1 Å². The minimum Gasteiger partial charge on any atom is -0.352 e.